The van der Waals surface area contributed by atoms with Crippen LogP contribution in [-0.2, 0) is 0 Å². The van der Waals surface area contributed by atoms with Crippen molar-refractivity contribution >= 4 is 11.3 Å². The molecule has 25 heavy (non-hydrogen) atoms. The maximum Gasteiger partial charge on any atom is 0.146 e. The highest BCUT2D eigenvalue weighted by Crippen LogP contribution is 2.31. The minimum atomic E-state index is -0.274. The van der Waals surface area contributed by atoms with Crippen LogP contribution in [-0.4, -0.2) is 20.0 Å². The van der Waals surface area contributed by atoms with E-state index in [1.807, 2.05) is 24.4 Å². The van der Waals surface area contributed by atoms with Crippen molar-refractivity contribution in [3.8, 4) is 27.6 Å². The summed E-state index contributed by atoms with van der Waals surface area (Å²) in [5, 5.41) is 11.3. The van der Waals surface area contributed by atoms with Gasteiger partial charge in [0.1, 0.15) is 16.5 Å². The molecule has 2 heterocycles. The van der Waals surface area contributed by atoms with E-state index in [1.54, 1.807) is 28.2 Å². The number of halogens is 1. The Bertz CT molecular complexity index is 1030. The van der Waals surface area contributed by atoms with E-state index in [1.165, 1.54) is 17.7 Å². The zero-order valence-corrected chi connectivity index (χ0v) is 14.6. The molecule has 4 nitrogen and oxygen atoms in total. The van der Waals surface area contributed by atoms with Crippen LogP contribution in [0, 0.1) is 19.7 Å². The maximum absolute atomic E-state index is 13.1. The van der Waals surface area contributed by atoms with E-state index in [2.05, 4.69) is 29.4 Å². The van der Waals surface area contributed by atoms with Crippen LogP contribution >= 0.6 is 11.3 Å². The van der Waals surface area contributed by atoms with Crippen LogP contribution in [0.3, 0.4) is 0 Å². The molecular weight excluding hydrogens is 335 g/mol. The first-order valence-corrected chi connectivity index (χ1v) is 8.71. The molecule has 0 fully saturated rings. The highest BCUT2D eigenvalue weighted by Gasteiger charge is 2.16. The van der Waals surface area contributed by atoms with Gasteiger partial charge in [-0.2, -0.15) is 0 Å². The summed E-state index contributed by atoms with van der Waals surface area (Å²) in [7, 11) is 0. The second kappa shape index (κ2) is 6.22. The summed E-state index contributed by atoms with van der Waals surface area (Å²) in [6.45, 7) is 4.01. The van der Waals surface area contributed by atoms with Crippen molar-refractivity contribution in [1.82, 2.24) is 20.0 Å². The average molecular weight is 350 g/mol. The minimum absolute atomic E-state index is 0.274. The first-order chi connectivity index (χ1) is 12.1. The van der Waals surface area contributed by atoms with Crippen molar-refractivity contribution in [3.63, 3.8) is 0 Å². The number of benzene rings is 2. The van der Waals surface area contributed by atoms with E-state index in [0.29, 0.717) is 0 Å². The van der Waals surface area contributed by atoms with Crippen LogP contribution in [0.5, 0.6) is 0 Å². The predicted molar refractivity (Wildman–Crippen MR) is 97.3 cm³/mol. The molecule has 0 atom stereocenters. The smallest absolute Gasteiger partial charge is 0.146 e. The van der Waals surface area contributed by atoms with Crippen LogP contribution in [0.2, 0.25) is 0 Å². The van der Waals surface area contributed by atoms with Gasteiger partial charge in [-0.15, -0.1) is 16.4 Å². The summed E-state index contributed by atoms with van der Waals surface area (Å²) in [6, 6.07) is 14.4. The molecule has 0 saturated carbocycles. The van der Waals surface area contributed by atoms with Crippen molar-refractivity contribution in [2.45, 2.75) is 13.8 Å². The van der Waals surface area contributed by atoms with Gasteiger partial charge in [-0.1, -0.05) is 29.5 Å². The highest BCUT2D eigenvalue weighted by molar-refractivity contribution is 7.13. The molecule has 0 unspecified atom stereocenters. The molecule has 0 aliphatic heterocycles. The Morgan fingerprint density at radius 3 is 2.52 bits per heavy atom. The van der Waals surface area contributed by atoms with E-state index in [9.17, 15) is 4.39 Å². The molecule has 0 bridgehead atoms. The summed E-state index contributed by atoms with van der Waals surface area (Å²) >= 11 is 1.54. The van der Waals surface area contributed by atoms with Gasteiger partial charge in [0.05, 0.1) is 17.1 Å². The molecule has 0 aliphatic carbocycles. The zero-order chi connectivity index (χ0) is 17.4. The van der Waals surface area contributed by atoms with Gasteiger partial charge in [-0.05, 0) is 43.7 Å². The lowest BCUT2D eigenvalue weighted by Crippen LogP contribution is -1.99. The Labute approximate surface area is 148 Å². The van der Waals surface area contributed by atoms with E-state index >= 15 is 0 Å². The van der Waals surface area contributed by atoms with Crippen molar-refractivity contribution < 1.29 is 4.39 Å². The fourth-order valence-corrected chi connectivity index (χ4v) is 3.57. The SMILES string of the molecule is Cc1ccccc1-c1csc(-c2nnn(-c3ccc(F)cc3)c2C)n1. The van der Waals surface area contributed by atoms with Crippen molar-refractivity contribution in [1.29, 1.82) is 0 Å². The van der Waals surface area contributed by atoms with Gasteiger partial charge >= 0.3 is 0 Å². The molecular formula is C19H15FN4S. The third-order valence-corrected chi connectivity index (χ3v) is 4.94. The fraction of sp³-hybridized carbons (Fsp3) is 0.105. The predicted octanol–water partition coefficient (Wildman–Crippen LogP) is 4.81. The first-order valence-electron chi connectivity index (χ1n) is 7.83. The standard InChI is InChI=1S/C19H15FN4S/c1-12-5-3-4-6-16(12)17-11-25-19(21-17)18-13(2)24(23-22-18)15-9-7-14(20)8-10-15/h3-11H,1-2H3. The normalized spacial score (nSPS) is 11.0. The van der Waals surface area contributed by atoms with Crippen molar-refractivity contribution in [2.24, 2.45) is 0 Å². The number of aromatic nitrogens is 4. The highest BCUT2D eigenvalue weighted by atomic mass is 32.1. The Hall–Kier alpha value is -2.86. The average Bonchev–Trinajstić information content (AvgIpc) is 3.23. The van der Waals surface area contributed by atoms with E-state index in [-0.39, 0.29) is 5.82 Å². The number of thiazole rings is 1. The lowest BCUT2D eigenvalue weighted by Gasteiger charge is -2.03. The summed E-state index contributed by atoms with van der Waals surface area (Å²) in [5.41, 5.74) is 5.63. The number of nitrogens with zero attached hydrogens (tertiary/aromatic N) is 4. The summed E-state index contributed by atoms with van der Waals surface area (Å²) < 4.78 is 14.8. The van der Waals surface area contributed by atoms with Crippen LogP contribution in [0.25, 0.3) is 27.6 Å². The lowest BCUT2D eigenvalue weighted by atomic mass is 10.1. The summed E-state index contributed by atoms with van der Waals surface area (Å²) in [6.07, 6.45) is 0. The third-order valence-electron chi connectivity index (χ3n) is 4.09. The number of aryl methyl sites for hydroxylation is 1. The van der Waals surface area contributed by atoms with Gasteiger partial charge in [-0.25, -0.2) is 14.1 Å². The van der Waals surface area contributed by atoms with Crippen molar-refractivity contribution in [3.05, 3.63) is 71.0 Å². The molecule has 6 heteroatoms. The Morgan fingerprint density at radius 1 is 1.00 bits per heavy atom. The van der Waals surface area contributed by atoms with E-state index < -0.39 is 0 Å². The van der Waals surface area contributed by atoms with Crippen molar-refractivity contribution in [2.75, 3.05) is 0 Å². The number of hydrogen-bond acceptors (Lipinski definition) is 4. The lowest BCUT2D eigenvalue weighted by molar-refractivity contribution is 0.626. The molecule has 0 N–H and O–H groups in total. The first kappa shape index (κ1) is 15.7. The Kier molecular flexibility index (Phi) is 3.89. The Balaban J connectivity index is 1.72. The van der Waals surface area contributed by atoms with E-state index in [4.69, 9.17) is 4.98 Å². The number of rotatable bonds is 3. The molecule has 2 aromatic carbocycles. The fourth-order valence-electron chi connectivity index (χ4n) is 2.72. The number of hydrogen-bond donors (Lipinski definition) is 0. The monoisotopic (exact) mass is 350 g/mol. The third kappa shape index (κ3) is 2.85. The van der Waals surface area contributed by atoms with Crippen LogP contribution in [0.4, 0.5) is 4.39 Å². The minimum Gasteiger partial charge on any atom is -0.234 e. The second-order valence-electron chi connectivity index (χ2n) is 5.76. The van der Waals surface area contributed by atoms with Crippen LogP contribution < -0.4 is 0 Å². The van der Waals surface area contributed by atoms with Gasteiger partial charge < -0.3 is 0 Å². The molecule has 4 aromatic rings. The maximum atomic E-state index is 13.1. The van der Waals surface area contributed by atoms with Crippen LogP contribution in [0.1, 0.15) is 11.3 Å². The van der Waals surface area contributed by atoms with Gasteiger partial charge in [0.2, 0.25) is 0 Å². The Morgan fingerprint density at radius 2 is 1.76 bits per heavy atom. The van der Waals surface area contributed by atoms with E-state index in [0.717, 1.165) is 33.3 Å². The molecule has 0 spiro atoms. The molecule has 2 aromatic heterocycles. The summed E-state index contributed by atoms with van der Waals surface area (Å²) in [4.78, 5) is 4.74. The van der Waals surface area contributed by atoms with Gasteiger partial charge in [0.25, 0.3) is 0 Å². The molecule has 124 valence electrons. The zero-order valence-electron chi connectivity index (χ0n) is 13.8. The second-order valence-corrected chi connectivity index (χ2v) is 6.62. The largest absolute Gasteiger partial charge is 0.234 e. The molecule has 4 rings (SSSR count). The molecule has 0 aliphatic rings. The molecule has 0 saturated heterocycles. The topological polar surface area (TPSA) is 43.6 Å². The molecule has 0 amide bonds. The van der Waals surface area contributed by atoms with Crippen LogP contribution in [0.15, 0.2) is 53.9 Å². The quantitative estimate of drug-likeness (QED) is 0.532. The van der Waals surface area contributed by atoms with Gasteiger partial charge in [-0.3, -0.25) is 0 Å². The van der Waals surface area contributed by atoms with Gasteiger partial charge in [0.15, 0.2) is 0 Å². The van der Waals surface area contributed by atoms with Gasteiger partial charge in [0, 0.05) is 10.9 Å². The molecule has 0 radical (unpaired) electrons. The summed E-state index contributed by atoms with van der Waals surface area (Å²) in [5.74, 6) is -0.274.